The van der Waals surface area contributed by atoms with Crippen LogP contribution in [0.4, 0.5) is 4.39 Å². The van der Waals surface area contributed by atoms with Gasteiger partial charge in [-0.15, -0.1) is 23.7 Å². The van der Waals surface area contributed by atoms with Crippen molar-refractivity contribution in [2.75, 3.05) is 14.2 Å². The number of esters is 1. The molecule has 0 aliphatic carbocycles. The number of ether oxygens (including phenoxy) is 1. The summed E-state index contributed by atoms with van der Waals surface area (Å²) in [6.45, 7) is 0. The molecule has 1 amide bonds. The molecule has 3 N–H and O–H groups in total. The van der Waals surface area contributed by atoms with Crippen molar-refractivity contribution < 1.29 is 18.7 Å². The zero-order valence-electron chi connectivity index (χ0n) is 15.8. The highest BCUT2D eigenvalue weighted by atomic mass is 35.5. The van der Waals surface area contributed by atoms with Crippen LogP contribution >= 0.6 is 23.7 Å². The highest BCUT2D eigenvalue weighted by Gasteiger charge is 2.35. The molecule has 0 radical (unpaired) electrons. The van der Waals surface area contributed by atoms with Gasteiger partial charge in [0.1, 0.15) is 20.8 Å². The van der Waals surface area contributed by atoms with Gasteiger partial charge in [0.25, 0.3) is 11.5 Å². The van der Waals surface area contributed by atoms with Crippen molar-refractivity contribution in [1.29, 1.82) is 5.26 Å². The average molecular weight is 451 g/mol. The van der Waals surface area contributed by atoms with Gasteiger partial charge < -0.3 is 15.8 Å². The molecule has 0 saturated heterocycles. The Morgan fingerprint density at radius 1 is 1.43 bits per heavy atom. The summed E-state index contributed by atoms with van der Waals surface area (Å²) in [5.41, 5.74) is 5.74. The van der Waals surface area contributed by atoms with Crippen LogP contribution in [-0.2, 0) is 14.3 Å². The van der Waals surface area contributed by atoms with Crippen molar-refractivity contribution in [3.63, 3.8) is 0 Å². The number of nitrogens with zero attached hydrogens (tertiary/aromatic N) is 2. The first-order chi connectivity index (χ1) is 13.8. The lowest BCUT2D eigenvalue weighted by Gasteiger charge is -2.24. The SMILES string of the molecule is CNC(=O)C1=c2s/c(=C\C(=O)OC)c(=O)n2C(N)=C(C#N)C1c1cccc(F)c1.Cl. The predicted molar refractivity (Wildman–Crippen MR) is 111 cm³/mol. The van der Waals surface area contributed by atoms with E-state index < -0.39 is 29.2 Å². The molecule has 2 aromatic rings. The Morgan fingerprint density at radius 3 is 2.70 bits per heavy atom. The minimum absolute atomic E-state index is 0. The van der Waals surface area contributed by atoms with E-state index >= 15 is 0 Å². The van der Waals surface area contributed by atoms with Crippen LogP contribution in [0.3, 0.4) is 0 Å². The van der Waals surface area contributed by atoms with Crippen LogP contribution in [-0.4, -0.2) is 30.6 Å². The predicted octanol–water partition coefficient (Wildman–Crippen LogP) is -0.231. The Labute approximate surface area is 179 Å². The standard InChI is InChI=1S/C19H15FN4O4S.ClH/c1-23-17(26)15-14(9-4-3-5-10(20)6-9)11(8-21)16(22)24-18(27)12(29-19(15)24)7-13(25)28-2;/h3-7,14H,22H2,1-2H3,(H,23,26);1H/b12-7-;. The molecule has 1 aliphatic heterocycles. The Bertz CT molecular complexity index is 1290. The number of benzene rings is 1. The third-order valence-corrected chi connectivity index (χ3v) is 5.48. The van der Waals surface area contributed by atoms with Crippen molar-refractivity contribution in [2.24, 2.45) is 5.73 Å². The molecule has 1 atom stereocenters. The van der Waals surface area contributed by atoms with Gasteiger partial charge in [0.15, 0.2) is 0 Å². The van der Waals surface area contributed by atoms with Gasteiger partial charge >= 0.3 is 5.97 Å². The molecule has 0 fully saturated rings. The fourth-order valence-corrected chi connectivity index (χ4v) is 4.22. The molecule has 156 valence electrons. The number of carbonyl (C=O) groups excluding carboxylic acids is 2. The molecule has 1 aliphatic rings. The minimum atomic E-state index is -0.986. The molecule has 11 heteroatoms. The monoisotopic (exact) mass is 450 g/mol. The second-order valence-corrected chi connectivity index (χ2v) is 7.00. The van der Waals surface area contributed by atoms with Gasteiger partial charge in [0.2, 0.25) is 0 Å². The number of nitriles is 1. The number of amides is 1. The van der Waals surface area contributed by atoms with Crippen molar-refractivity contribution in [1.82, 2.24) is 9.88 Å². The van der Waals surface area contributed by atoms with E-state index in [9.17, 15) is 24.0 Å². The van der Waals surface area contributed by atoms with E-state index in [0.717, 1.165) is 29.1 Å². The molecule has 1 aromatic heterocycles. The number of nitrogens with one attached hydrogen (secondary N) is 1. The average Bonchev–Trinajstić information content (AvgIpc) is 3.03. The van der Waals surface area contributed by atoms with Crippen LogP contribution in [0, 0.1) is 17.1 Å². The van der Waals surface area contributed by atoms with Crippen molar-refractivity contribution in [2.45, 2.75) is 5.92 Å². The first-order valence-electron chi connectivity index (χ1n) is 8.27. The molecule has 0 spiro atoms. The Balaban J connectivity index is 0.00000320. The van der Waals surface area contributed by atoms with Crippen molar-refractivity contribution in [3.8, 4) is 6.07 Å². The highest BCUT2D eigenvalue weighted by Crippen LogP contribution is 2.36. The second-order valence-electron chi connectivity index (χ2n) is 5.97. The van der Waals surface area contributed by atoms with E-state index in [1.54, 1.807) is 6.07 Å². The zero-order valence-corrected chi connectivity index (χ0v) is 17.4. The fraction of sp³-hybridized carbons (Fsp3) is 0.158. The number of nitrogens with two attached hydrogens (primary N) is 1. The van der Waals surface area contributed by atoms with Crippen LogP contribution in [0.5, 0.6) is 0 Å². The lowest BCUT2D eigenvalue weighted by molar-refractivity contribution is -0.133. The lowest BCUT2D eigenvalue weighted by atomic mass is 9.83. The number of methoxy groups -OCH3 is 1. The summed E-state index contributed by atoms with van der Waals surface area (Å²) in [6, 6.07) is 7.37. The van der Waals surface area contributed by atoms with Crippen LogP contribution in [0.15, 0.2) is 34.6 Å². The number of carbonyl (C=O) groups is 2. The number of halogens is 2. The quantitative estimate of drug-likeness (QED) is 0.622. The maximum Gasteiger partial charge on any atom is 0.332 e. The smallest absolute Gasteiger partial charge is 0.332 e. The Hall–Kier alpha value is -3.42. The fourth-order valence-electron chi connectivity index (χ4n) is 3.09. The summed E-state index contributed by atoms with van der Waals surface area (Å²) in [5, 5.41) is 12.2. The number of hydrogen-bond acceptors (Lipinski definition) is 7. The molecule has 30 heavy (non-hydrogen) atoms. The van der Waals surface area contributed by atoms with Crippen LogP contribution < -0.4 is 25.8 Å². The largest absolute Gasteiger partial charge is 0.466 e. The van der Waals surface area contributed by atoms with Gasteiger partial charge in [0, 0.05) is 13.1 Å². The molecule has 3 rings (SSSR count). The number of allylic oxidation sites excluding steroid dienone is 1. The molecular weight excluding hydrogens is 435 g/mol. The third kappa shape index (κ3) is 3.72. The molecule has 0 bridgehead atoms. The summed E-state index contributed by atoms with van der Waals surface area (Å²) in [4.78, 5) is 37.1. The van der Waals surface area contributed by atoms with Gasteiger partial charge in [-0.05, 0) is 17.7 Å². The second kappa shape index (κ2) is 8.94. The number of thiazole rings is 1. The summed E-state index contributed by atoms with van der Waals surface area (Å²) in [5.74, 6) is -3.05. The van der Waals surface area contributed by atoms with E-state index in [2.05, 4.69) is 10.1 Å². The van der Waals surface area contributed by atoms with Crippen LogP contribution in [0.25, 0.3) is 17.5 Å². The maximum atomic E-state index is 13.9. The molecule has 1 aromatic carbocycles. The minimum Gasteiger partial charge on any atom is -0.466 e. The number of aromatic nitrogens is 1. The molecular formula is C19H16ClFN4O4S. The molecule has 8 nitrogen and oxygen atoms in total. The normalized spacial score (nSPS) is 15.7. The maximum absolute atomic E-state index is 13.9. The van der Waals surface area contributed by atoms with E-state index in [0.29, 0.717) is 5.56 Å². The van der Waals surface area contributed by atoms with E-state index in [4.69, 9.17) is 5.73 Å². The Kier molecular flexibility index (Phi) is 6.81. The summed E-state index contributed by atoms with van der Waals surface area (Å²) in [6.07, 6.45) is 0.982. The molecule has 1 unspecified atom stereocenters. The number of hydrogen-bond donors (Lipinski definition) is 2. The topological polar surface area (TPSA) is 127 Å². The van der Waals surface area contributed by atoms with Gasteiger partial charge in [-0.2, -0.15) is 5.26 Å². The van der Waals surface area contributed by atoms with Gasteiger partial charge in [-0.3, -0.25) is 14.2 Å². The van der Waals surface area contributed by atoms with Gasteiger partial charge in [0.05, 0.1) is 30.2 Å². The summed E-state index contributed by atoms with van der Waals surface area (Å²) < 4.78 is 19.5. The van der Waals surface area contributed by atoms with E-state index in [-0.39, 0.29) is 38.6 Å². The molecule has 0 saturated carbocycles. The summed E-state index contributed by atoms with van der Waals surface area (Å²) in [7, 11) is 2.55. The third-order valence-electron chi connectivity index (χ3n) is 4.37. The lowest BCUT2D eigenvalue weighted by Crippen LogP contribution is -2.41. The zero-order chi connectivity index (χ0) is 21.3. The van der Waals surface area contributed by atoms with E-state index in [1.165, 1.54) is 25.2 Å². The number of fused-ring (bicyclic) bond motifs is 1. The van der Waals surface area contributed by atoms with E-state index in [1.807, 2.05) is 6.07 Å². The summed E-state index contributed by atoms with van der Waals surface area (Å²) >= 11 is 0.855. The van der Waals surface area contributed by atoms with Crippen molar-refractivity contribution >= 4 is 53.1 Å². The highest BCUT2D eigenvalue weighted by molar-refractivity contribution is 7.07. The van der Waals surface area contributed by atoms with Crippen LogP contribution in [0.2, 0.25) is 0 Å². The first kappa shape index (κ1) is 22.9. The molecule has 2 heterocycles. The Morgan fingerprint density at radius 2 is 2.13 bits per heavy atom. The van der Waals surface area contributed by atoms with Crippen molar-refractivity contribution in [3.05, 3.63) is 60.8 Å². The first-order valence-corrected chi connectivity index (χ1v) is 9.09. The van der Waals surface area contributed by atoms with Crippen LogP contribution in [0.1, 0.15) is 11.5 Å². The number of rotatable bonds is 3. The van der Waals surface area contributed by atoms with Gasteiger partial charge in [-0.1, -0.05) is 12.1 Å². The van der Waals surface area contributed by atoms with Gasteiger partial charge in [-0.25, -0.2) is 9.18 Å².